The number of hydrogen-bond acceptors (Lipinski definition) is 3. The van der Waals surface area contributed by atoms with E-state index in [-0.39, 0.29) is 5.91 Å². The Labute approximate surface area is 102 Å². The molecule has 1 rings (SSSR count). The number of rotatable bonds is 5. The Kier molecular flexibility index (Phi) is 4.97. The number of carbonyl (C=O) groups is 1. The highest BCUT2D eigenvalue weighted by Crippen LogP contribution is 2.18. The molecule has 0 spiro atoms. The number of carbonyl (C=O) groups excluding carboxylic acids is 1. The molecule has 0 unspecified atom stereocenters. The van der Waals surface area contributed by atoms with E-state index >= 15 is 0 Å². The van der Waals surface area contributed by atoms with E-state index in [1.807, 2.05) is 18.2 Å². The summed E-state index contributed by atoms with van der Waals surface area (Å²) in [4.78, 5) is 11.4. The van der Waals surface area contributed by atoms with Crippen LogP contribution in [0.5, 0.6) is 5.75 Å². The molecule has 0 saturated carbocycles. The first-order valence-corrected chi connectivity index (χ1v) is 5.78. The van der Waals surface area contributed by atoms with Crippen LogP contribution < -0.4 is 15.8 Å². The largest absolute Gasteiger partial charge is 0.493 e. The summed E-state index contributed by atoms with van der Waals surface area (Å²) in [5.74, 6) is 1.02. The lowest BCUT2D eigenvalue weighted by Crippen LogP contribution is -2.32. The third-order valence-corrected chi connectivity index (χ3v) is 2.10. The molecule has 0 aromatic heterocycles. The molecule has 3 N–H and O–H groups in total. The quantitative estimate of drug-likeness (QED) is 0.822. The highest BCUT2D eigenvalue weighted by molar-refractivity contribution is 5.94. The van der Waals surface area contributed by atoms with Gasteiger partial charge in [0.15, 0.2) is 0 Å². The Morgan fingerprint density at radius 2 is 2.12 bits per heavy atom. The van der Waals surface area contributed by atoms with Crippen LogP contribution in [0.15, 0.2) is 24.3 Å². The third-order valence-electron chi connectivity index (χ3n) is 2.10. The van der Waals surface area contributed by atoms with Crippen LogP contribution in [0.4, 0.5) is 5.69 Å². The van der Waals surface area contributed by atoms with Gasteiger partial charge in [0.05, 0.1) is 12.6 Å². The Morgan fingerprint density at radius 1 is 1.41 bits per heavy atom. The molecule has 94 valence electrons. The van der Waals surface area contributed by atoms with Gasteiger partial charge in [-0.15, -0.1) is 0 Å². The number of hydrogen-bond donors (Lipinski definition) is 2. The second kappa shape index (κ2) is 6.25. The zero-order valence-corrected chi connectivity index (χ0v) is 10.6. The van der Waals surface area contributed by atoms with Gasteiger partial charge in [-0.05, 0) is 25.0 Å². The van der Waals surface area contributed by atoms with E-state index in [0.717, 1.165) is 5.75 Å². The van der Waals surface area contributed by atoms with Gasteiger partial charge in [0, 0.05) is 11.8 Å². The van der Waals surface area contributed by atoms with Crippen LogP contribution in [-0.2, 0) is 4.79 Å². The van der Waals surface area contributed by atoms with Crippen molar-refractivity contribution in [1.82, 2.24) is 0 Å². The number of ether oxygens (including phenoxy) is 1. The molecule has 0 fully saturated rings. The molecule has 17 heavy (non-hydrogen) atoms. The molecule has 4 heteroatoms. The minimum Gasteiger partial charge on any atom is -0.493 e. The van der Waals surface area contributed by atoms with Gasteiger partial charge in [0.1, 0.15) is 5.75 Å². The fourth-order valence-electron chi connectivity index (χ4n) is 1.18. The first-order chi connectivity index (χ1) is 7.99. The van der Waals surface area contributed by atoms with Gasteiger partial charge in [-0.2, -0.15) is 0 Å². The molecule has 0 radical (unpaired) electrons. The number of benzene rings is 1. The summed E-state index contributed by atoms with van der Waals surface area (Å²) in [6, 6.07) is 6.79. The molecular weight excluding hydrogens is 216 g/mol. The van der Waals surface area contributed by atoms with Crippen molar-refractivity contribution in [2.24, 2.45) is 11.7 Å². The summed E-state index contributed by atoms with van der Waals surface area (Å²) in [5, 5.41) is 2.73. The van der Waals surface area contributed by atoms with E-state index < -0.39 is 6.04 Å². The predicted molar refractivity (Wildman–Crippen MR) is 69.1 cm³/mol. The molecular formula is C13H20N2O2. The van der Waals surface area contributed by atoms with Gasteiger partial charge in [-0.25, -0.2) is 0 Å². The lowest BCUT2D eigenvalue weighted by atomic mass is 10.2. The molecule has 0 bridgehead atoms. The van der Waals surface area contributed by atoms with Gasteiger partial charge in [0.25, 0.3) is 0 Å². The fourth-order valence-corrected chi connectivity index (χ4v) is 1.18. The van der Waals surface area contributed by atoms with E-state index in [1.54, 1.807) is 13.0 Å². The van der Waals surface area contributed by atoms with Gasteiger partial charge in [-0.3, -0.25) is 4.79 Å². The standard InChI is InChI=1S/C13H20N2O2/c1-9(2)8-17-12-6-4-5-11(7-12)15-13(16)10(3)14/h4-7,9-10H,8,14H2,1-3H3,(H,15,16)/t10-/m1/s1. The van der Waals surface area contributed by atoms with Crippen molar-refractivity contribution in [3.8, 4) is 5.75 Å². The van der Waals surface area contributed by atoms with Crippen molar-refractivity contribution in [2.45, 2.75) is 26.8 Å². The SMILES string of the molecule is CC(C)COc1cccc(NC(=O)[C@@H](C)N)c1. The summed E-state index contributed by atoms with van der Waals surface area (Å²) < 4.78 is 5.57. The van der Waals surface area contributed by atoms with Gasteiger partial charge < -0.3 is 15.8 Å². The van der Waals surface area contributed by atoms with Crippen LogP contribution in [-0.4, -0.2) is 18.6 Å². The molecule has 0 heterocycles. The normalized spacial score (nSPS) is 12.3. The van der Waals surface area contributed by atoms with Crippen LogP contribution >= 0.6 is 0 Å². The Balaban J connectivity index is 2.62. The van der Waals surface area contributed by atoms with Crippen LogP contribution in [0.3, 0.4) is 0 Å². The van der Waals surface area contributed by atoms with Crippen LogP contribution in [0, 0.1) is 5.92 Å². The lowest BCUT2D eigenvalue weighted by molar-refractivity contribution is -0.117. The molecule has 4 nitrogen and oxygen atoms in total. The first kappa shape index (κ1) is 13.5. The highest BCUT2D eigenvalue weighted by Gasteiger charge is 2.07. The Morgan fingerprint density at radius 3 is 2.71 bits per heavy atom. The molecule has 0 aliphatic rings. The van der Waals surface area contributed by atoms with E-state index in [0.29, 0.717) is 18.2 Å². The van der Waals surface area contributed by atoms with Crippen LogP contribution in [0.25, 0.3) is 0 Å². The molecule has 0 aliphatic carbocycles. The fraction of sp³-hybridized carbons (Fsp3) is 0.462. The second-order valence-corrected chi connectivity index (χ2v) is 4.51. The van der Waals surface area contributed by atoms with Crippen molar-refractivity contribution in [3.63, 3.8) is 0 Å². The summed E-state index contributed by atoms with van der Waals surface area (Å²) in [5.41, 5.74) is 6.18. The average molecular weight is 236 g/mol. The number of amides is 1. The minimum atomic E-state index is -0.518. The van der Waals surface area contributed by atoms with Crippen molar-refractivity contribution in [3.05, 3.63) is 24.3 Å². The maximum absolute atomic E-state index is 11.4. The number of anilines is 1. The molecule has 1 aromatic rings. The van der Waals surface area contributed by atoms with Crippen molar-refractivity contribution >= 4 is 11.6 Å². The van der Waals surface area contributed by atoms with Gasteiger partial charge >= 0.3 is 0 Å². The first-order valence-electron chi connectivity index (χ1n) is 5.78. The maximum Gasteiger partial charge on any atom is 0.241 e. The Hall–Kier alpha value is -1.55. The van der Waals surface area contributed by atoms with Crippen molar-refractivity contribution < 1.29 is 9.53 Å². The van der Waals surface area contributed by atoms with E-state index in [4.69, 9.17) is 10.5 Å². The lowest BCUT2D eigenvalue weighted by Gasteiger charge is -2.11. The molecule has 1 aromatic carbocycles. The molecule has 0 saturated heterocycles. The van der Waals surface area contributed by atoms with E-state index in [9.17, 15) is 4.79 Å². The number of nitrogens with one attached hydrogen (secondary N) is 1. The van der Waals surface area contributed by atoms with Crippen molar-refractivity contribution in [2.75, 3.05) is 11.9 Å². The monoisotopic (exact) mass is 236 g/mol. The van der Waals surface area contributed by atoms with Crippen LogP contribution in [0.2, 0.25) is 0 Å². The molecule has 0 aliphatic heterocycles. The smallest absolute Gasteiger partial charge is 0.241 e. The molecule has 1 atom stereocenters. The zero-order chi connectivity index (χ0) is 12.8. The van der Waals surface area contributed by atoms with Gasteiger partial charge in [0.2, 0.25) is 5.91 Å². The Bertz CT molecular complexity index is 375. The van der Waals surface area contributed by atoms with Crippen molar-refractivity contribution in [1.29, 1.82) is 0 Å². The van der Waals surface area contributed by atoms with Gasteiger partial charge in [-0.1, -0.05) is 19.9 Å². The minimum absolute atomic E-state index is 0.203. The van der Waals surface area contributed by atoms with Crippen LogP contribution in [0.1, 0.15) is 20.8 Å². The third kappa shape index (κ3) is 4.87. The van der Waals surface area contributed by atoms with E-state index in [2.05, 4.69) is 19.2 Å². The highest BCUT2D eigenvalue weighted by atomic mass is 16.5. The maximum atomic E-state index is 11.4. The average Bonchev–Trinajstić information content (AvgIpc) is 2.26. The summed E-state index contributed by atoms with van der Waals surface area (Å²) in [6.07, 6.45) is 0. The second-order valence-electron chi connectivity index (χ2n) is 4.51. The molecule has 1 amide bonds. The zero-order valence-electron chi connectivity index (χ0n) is 10.6. The predicted octanol–water partition coefficient (Wildman–Crippen LogP) is 2.01. The summed E-state index contributed by atoms with van der Waals surface area (Å²) in [6.45, 7) is 6.47. The van der Waals surface area contributed by atoms with E-state index in [1.165, 1.54) is 0 Å². The topological polar surface area (TPSA) is 64.3 Å². The summed E-state index contributed by atoms with van der Waals surface area (Å²) >= 11 is 0. The number of nitrogens with two attached hydrogens (primary N) is 1. The summed E-state index contributed by atoms with van der Waals surface area (Å²) in [7, 11) is 0.